The van der Waals surface area contributed by atoms with Crippen molar-refractivity contribution in [2.75, 3.05) is 12.4 Å². The highest BCUT2D eigenvalue weighted by Gasteiger charge is 2.13. The fourth-order valence-corrected chi connectivity index (χ4v) is 1.96. The summed E-state index contributed by atoms with van der Waals surface area (Å²) < 4.78 is 32.3. The SMILES string of the molecule is COc1ncccc1NCc1ccc(S(N)(=O)=O)o1. The smallest absolute Gasteiger partial charge is 0.271 e. The standard InChI is InChI=1S/C11H13N3O4S/c1-17-11-9(3-2-6-13-11)14-7-8-4-5-10(18-8)19(12,15)16/h2-6,14H,7H2,1H3,(H2,12,15,16). The molecule has 0 aliphatic heterocycles. The number of methoxy groups -OCH3 is 1. The molecule has 8 heteroatoms. The summed E-state index contributed by atoms with van der Waals surface area (Å²) >= 11 is 0. The summed E-state index contributed by atoms with van der Waals surface area (Å²) in [7, 11) is -2.30. The van der Waals surface area contributed by atoms with Gasteiger partial charge >= 0.3 is 0 Å². The number of hydrogen-bond donors (Lipinski definition) is 2. The largest absolute Gasteiger partial charge is 0.480 e. The van der Waals surface area contributed by atoms with Gasteiger partial charge in [0, 0.05) is 6.20 Å². The number of rotatable bonds is 5. The summed E-state index contributed by atoms with van der Waals surface area (Å²) in [5.41, 5.74) is 0.679. The Morgan fingerprint density at radius 1 is 1.42 bits per heavy atom. The van der Waals surface area contributed by atoms with Crippen molar-refractivity contribution >= 4 is 15.7 Å². The maximum atomic E-state index is 11.1. The molecule has 0 aliphatic rings. The lowest BCUT2D eigenvalue weighted by Crippen LogP contribution is -2.10. The molecule has 0 fully saturated rings. The molecule has 0 radical (unpaired) electrons. The topological polar surface area (TPSA) is 107 Å². The molecule has 0 unspecified atom stereocenters. The van der Waals surface area contributed by atoms with Crippen LogP contribution in [-0.4, -0.2) is 20.5 Å². The van der Waals surface area contributed by atoms with E-state index in [1.54, 1.807) is 18.3 Å². The molecular formula is C11H13N3O4S. The van der Waals surface area contributed by atoms with E-state index >= 15 is 0 Å². The zero-order chi connectivity index (χ0) is 13.9. The van der Waals surface area contributed by atoms with Crippen molar-refractivity contribution in [1.29, 1.82) is 0 Å². The molecular weight excluding hydrogens is 270 g/mol. The first kappa shape index (κ1) is 13.4. The molecule has 3 N–H and O–H groups in total. The number of anilines is 1. The summed E-state index contributed by atoms with van der Waals surface area (Å²) in [6.45, 7) is 0.289. The number of pyridine rings is 1. The number of nitrogens with zero attached hydrogens (tertiary/aromatic N) is 1. The zero-order valence-corrected chi connectivity index (χ0v) is 11.0. The third-order valence-corrected chi connectivity index (χ3v) is 3.12. The van der Waals surface area contributed by atoms with Gasteiger partial charge in [0.05, 0.1) is 19.3 Å². The van der Waals surface area contributed by atoms with Crippen LogP contribution < -0.4 is 15.2 Å². The van der Waals surface area contributed by atoms with Crippen molar-refractivity contribution in [2.45, 2.75) is 11.6 Å². The normalized spacial score (nSPS) is 11.3. The molecule has 0 saturated carbocycles. The molecule has 2 aromatic rings. The van der Waals surface area contributed by atoms with Gasteiger partial charge in [-0.05, 0) is 24.3 Å². The van der Waals surface area contributed by atoms with Crippen LogP contribution in [-0.2, 0) is 16.6 Å². The van der Waals surface area contributed by atoms with Crippen LogP contribution in [0.5, 0.6) is 5.88 Å². The molecule has 0 spiro atoms. The molecule has 19 heavy (non-hydrogen) atoms. The summed E-state index contributed by atoms with van der Waals surface area (Å²) in [5, 5.41) is 7.72. The van der Waals surface area contributed by atoms with Gasteiger partial charge in [0.1, 0.15) is 5.76 Å². The van der Waals surface area contributed by atoms with Crippen LogP contribution >= 0.6 is 0 Å². The monoisotopic (exact) mass is 283 g/mol. The predicted octanol–water partition coefficient (Wildman–Crippen LogP) is 0.943. The minimum atomic E-state index is -3.81. The molecule has 0 amide bonds. The first-order valence-electron chi connectivity index (χ1n) is 5.35. The van der Waals surface area contributed by atoms with Crippen molar-refractivity contribution in [3.63, 3.8) is 0 Å². The minimum absolute atomic E-state index is 0.262. The number of aromatic nitrogens is 1. The Morgan fingerprint density at radius 3 is 2.84 bits per heavy atom. The quantitative estimate of drug-likeness (QED) is 0.845. The highest BCUT2D eigenvalue weighted by molar-refractivity contribution is 7.89. The van der Waals surface area contributed by atoms with E-state index in [4.69, 9.17) is 14.3 Å². The third-order valence-electron chi connectivity index (χ3n) is 2.33. The molecule has 102 valence electrons. The lowest BCUT2D eigenvalue weighted by atomic mass is 10.3. The second-order valence-electron chi connectivity index (χ2n) is 3.68. The van der Waals surface area contributed by atoms with Gasteiger partial charge < -0.3 is 14.5 Å². The number of furan rings is 1. The lowest BCUT2D eigenvalue weighted by molar-refractivity contribution is 0.398. The Kier molecular flexibility index (Phi) is 3.72. The van der Waals surface area contributed by atoms with Crippen LogP contribution in [0, 0.1) is 0 Å². The van der Waals surface area contributed by atoms with Gasteiger partial charge in [0.25, 0.3) is 10.0 Å². The molecule has 0 atom stereocenters. The van der Waals surface area contributed by atoms with E-state index in [0.717, 1.165) is 0 Å². The molecule has 0 saturated heterocycles. The summed E-state index contributed by atoms with van der Waals surface area (Å²) in [6, 6.07) is 6.39. The van der Waals surface area contributed by atoms with E-state index in [1.165, 1.54) is 19.2 Å². The van der Waals surface area contributed by atoms with Crippen molar-refractivity contribution in [3.05, 3.63) is 36.2 Å². The minimum Gasteiger partial charge on any atom is -0.480 e. The predicted molar refractivity (Wildman–Crippen MR) is 68.2 cm³/mol. The molecule has 2 aromatic heterocycles. The maximum Gasteiger partial charge on any atom is 0.271 e. The van der Waals surface area contributed by atoms with E-state index in [2.05, 4.69) is 10.3 Å². The summed E-state index contributed by atoms with van der Waals surface area (Å²) in [5.74, 6) is 0.885. The number of primary sulfonamides is 1. The van der Waals surface area contributed by atoms with Gasteiger partial charge in [0.15, 0.2) is 0 Å². The van der Waals surface area contributed by atoms with Gasteiger partial charge in [-0.2, -0.15) is 0 Å². The van der Waals surface area contributed by atoms with Crippen molar-refractivity contribution < 1.29 is 17.6 Å². The van der Waals surface area contributed by atoms with E-state index in [9.17, 15) is 8.42 Å². The average Bonchev–Trinajstić information content (AvgIpc) is 2.85. The van der Waals surface area contributed by atoms with Gasteiger partial charge in [0.2, 0.25) is 11.0 Å². The molecule has 0 aliphatic carbocycles. The fraction of sp³-hybridized carbons (Fsp3) is 0.182. The highest BCUT2D eigenvalue weighted by Crippen LogP contribution is 2.21. The third kappa shape index (κ3) is 3.24. The van der Waals surface area contributed by atoms with E-state index in [1.807, 2.05) is 0 Å². The lowest BCUT2D eigenvalue weighted by Gasteiger charge is -2.08. The van der Waals surface area contributed by atoms with Crippen LogP contribution in [0.15, 0.2) is 40.0 Å². The van der Waals surface area contributed by atoms with E-state index < -0.39 is 10.0 Å². The Hall–Kier alpha value is -2.06. The molecule has 2 heterocycles. The van der Waals surface area contributed by atoms with Gasteiger partial charge in [-0.25, -0.2) is 18.5 Å². The molecule has 7 nitrogen and oxygen atoms in total. The Balaban J connectivity index is 2.09. The van der Waals surface area contributed by atoms with Gasteiger partial charge in [-0.15, -0.1) is 0 Å². The number of hydrogen-bond acceptors (Lipinski definition) is 6. The van der Waals surface area contributed by atoms with Crippen LogP contribution in [0.4, 0.5) is 5.69 Å². The zero-order valence-electron chi connectivity index (χ0n) is 10.2. The number of sulfonamides is 1. The second-order valence-corrected chi connectivity index (χ2v) is 5.17. The van der Waals surface area contributed by atoms with Crippen LogP contribution in [0.3, 0.4) is 0 Å². The van der Waals surface area contributed by atoms with Crippen molar-refractivity contribution in [2.24, 2.45) is 5.14 Å². The van der Waals surface area contributed by atoms with E-state index in [0.29, 0.717) is 17.3 Å². The van der Waals surface area contributed by atoms with Crippen LogP contribution in [0.25, 0.3) is 0 Å². The Labute approximate surface area is 110 Å². The number of nitrogens with one attached hydrogen (secondary N) is 1. The first-order chi connectivity index (χ1) is 9.00. The summed E-state index contributed by atoms with van der Waals surface area (Å²) in [6.07, 6.45) is 1.61. The Bertz CT molecular complexity index is 666. The fourth-order valence-electron chi connectivity index (χ4n) is 1.48. The van der Waals surface area contributed by atoms with E-state index in [-0.39, 0.29) is 11.6 Å². The first-order valence-corrected chi connectivity index (χ1v) is 6.90. The van der Waals surface area contributed by atoms with Gasteiger partial charge in [-0.1, -0.05) is 0 Å². The molecule has 0 bridgehead atoms. The summed E-state index contributed by atoms with van der Waals surface area (Å²) in [4.78, 5) is 4.02. The van der Waals surface area contributed by atoms with Crippen LogP contribution in [0.1, 0.15) is 5.76 Å². The number of nitrogens with two attached hydrogens (primary N) is 1. The molecule has 2 rings (SSSR count). The Morgan fingerprint density at radius 2 is 2.21 bits per heavy atom. The van der Waals surface area contributed by atoms with Crippen molar-refractivity contribution in [1.82, 2.24) is 4.98 Å². The molecule has 0 aromatic carbocycles. The number of ether oxygens (including phenoxy) is 1. The second kappa shape index (κ2) is 5.29. The van der Waals surface area contributed by atoms with Crippen LogP contribution in [0.2, 0.25) is 0 Å². The maximum absolute atomic E-state index is 11.1. The highest BCUT2D eigenvalue weighted by atomic mass is 32.2. The van der Waals surface area contributed by atoms with Gasteiger partial charge in [-0.3, -0.25) is 0 Å². The van der Waals surface area contributed by atoms with Crippen molar-refractivity contribution in [3.8, 4) is 5.88 Å². The average molecular weight is 283 g/mol.